The smallest absolute Gasteiger partial charge is 0.167 e. The molecular formula is C10H12N6O3. The van der Waals surface area contributed by atoms with Crippen LogP contribution in [0, 0.1) is 0 Å². The zero-order chi connectivity index (χ0) is 13.4. The molecule has 2 aromatic heterocycles. The molecule has 9 nitrogen and oxygen atoms in total. The van der Waals surface area contributed by atoms with Gasteiger partial charge in [0.2, 0.25) is 0 Å². The maximum Gasteiger partial charge on any atom is 0.167 e. The Kier molecular flexibility index (Phi) is 2.76. The summed E-state index contributed by atoms with van der Waals surface area (Å²) in [6, 6.07) is 0. The predicted octanol–water partition coefficient (Wildman–Crippen LogP) is -0.483. The van der Waals surface area contributed by atoms with Gasteiger partial charge in [-0.3, -0.25) is 4.57 Å². The summed E-state index contributed by atoms with van der Waals surface area (Å²) < 4.78 is 7.24. The number of aliphatic hydroxyl groups excluding tert-OH is 1. The quantitative estimate of drug-likeness (QED) is 0.379. The van der Waals surface area contributed by atoms with Crippen LogP contribution in [0.15, 0.2) is 17.8 Å². The van der Waals surface area contributed by atoms with Crippen LogP contribution >= 0.6 is 0 Å². The molecular weight excluding hydrogens is 252 g/mol. The van der Waals surface area contributed by atoms with Crippen LogP contribution in [-0.2, 0) is 4.74 Å². The number of hydrogen-bond donors (Lipinski definition) is 3. The summed E-state index contributed by atoms with van der Waals surface area (Å²) in [6.45, 7) is 0. The van der Waals surface area contributed by atoms with Crippen LogP contribution in [0.1, 0.15) is 12.6 Å². The Morgan fingerprint density at radius 2 is 2.32 bits per heavy atom. The van der Waals surface area contributed by atoms with Gasteiger partial charge in [-0.1, -0.05) is 5.16 Å². The number of ether oxygens (including phenoxy) is 1. The van der Waals surface area contributed by atoms with Crippen molar-refractivity contribution in [1.82, 2.24) is 19.5 Å². The van der Waals surface area contributed by atoms with Crippen LogP contribution in [0.25, 0.3) is 11.2 Å². The van der Waals surface area contributed by atoms with E-state index in [-0.39, 0.29) is 5.82 Å². The van der Waals surface area contributed by atoms with Gasteiger partial charge in [-0.05, 0) is 0 Å². The first-order valence-corrected chi connectivity index (χ1v) is 5.65. The first-order chi connectivity index (χ1) is 9.20. The van der Waals surface area contributed by atoms with E-state index in [1.807, 2.05) is 0 Å². The average molecular weight is 264 g/mol. The van der Waals surface area contributed by atoms with Crippen molar-refractivity contribution in [3.8, 4) is 0 Å². The Morgan fingerprint density at radius 1 is 1.47 bits per heavy atom. The van der Waals surface area contributed by atoms with E-state index in [0.29, 0.717) is 17.6 Å². The summed E-state index contributed by atoms with van der Waals surface area (Å²) in [4.78, 5) is 12.1. The van der Waals surface area contributed by atoms with Gasteiger partial charge in [0.25, 0.3) is 0 Å². The Hall–Kier alpha value is -2.26. The topological polar surface area (TPSA) is 132 Å². The SMILES string of the molecule is Nc1ncnc2c1ncn2[C@H]1C[C@H](O)[C@@H](/C=N/O)O1. The molecule has 1 saturated heterocycles. The van der Waals surface area contributed by atoms with E-state index in [0.717, 1.165) is 6.21 Å². The van der Waals surface area contributed by atoms with Gasteiger partial charge < -0.3 is 20.8 Å². The lowest BCUT2D eigenvalue weighted by molar-refractivity contribution is 0.0203. The number of nitrogens with zero attached hydrogens (tertiary/aromatic N) is 5. The molecule has 4 N–H and O–H groups in total. The summed E-state index contributed by atoms with van der Waals surface area (Å²) in [5, 5.41) is 21.2. The minimum Gasteiger partial charge on any atom is -0.411 e. The van der Waals surface area contributed by atoms with Crippen LogP contribution in [0.2, 0.25) is 0 Å². The summed E-state index contributed by atoms with van der Waals surface area (Å²) in [6.07, 6.45) is 2.50. The summed E-state index contributed by atoms with van der Waals surface area (Å²) in [5.41, 5.74) is 6.72. The maximum absolute atomic E-state index is 9.80. The molecule has 0 amide bonds. The molecule has 0 spiro atoms. The van der Waals surface area contributed by atoms with Crippen molar-refractivity contribution in [1.29, 1.82) is 0 Å². The fourth-order valence-corrected chi connectivity index (χ4v) is 2.13. The van der Waals surface area contributed by atoms with Crippen molar-refractivity contribution in [2.75, 3.05) is 5.73 Å². The molecule has 0 aromatic carbocycles. The van der Waals surface area contributed by atoms with Crippen LogP contribution in [-0.4, -0.2) is 48.3 Å². The number of aliphatic hydroxyl groups is 1. The van der Waals surface area contributed by atoms with Crippen molar-refractivity contribution in [3.05, 3.63) is 12.7 Å². The van der Waals surface area contributed by atoms with E-state index < -0.39 is 18.4 Å². The molecule has 3 heterocycles. The highest BCUT2D eigenvalue weighted by Crippen LogP contribution is 2.30. The number of fused-ring (bicyclic) bond motifs is 1. The predicted molar refractivity (Wildman–Crippen MR) is 64.5 cm³/mol. The fourth-order valence-electron chi connectivity index (χ4n) is 2.13. The first kappa shape index (κ1) is 11.8. The van der Waals surface area contributed by atoms with Crippen molar-refractivity contribution in [2.45, 2.75) is 24.9 Å². The summed E-state index contributed by atoms with van der Waals surface area (Å²) >= 11 is 0. The molecule has 2 aromatic rings. The van der Waals surface area contributed by atoms with Gasteiger partial charge in [0.05, 0.1) is 18.6 Å². The molecule has 9 heteroatoms. The van der Waals surface area contributed by atoms with Gasteiger partial charge in [0, 0.05) is 6.42 Å². The number of imidazole rings is 1. The molecule has 0 radical (unpaired) electrons. The first-order valence-electron chi connectivity index (χ1n) is 5.65. The Labute approximate surface area is 107 Å². The maximum atomic E-state index is 9.80. The van der Waals surface area contributed by atoms with Crippen molar-refractivity contribution in [3.63, 3.8) is 0 Å². The standard InChI is InChI=1S/C10H12N6O3/c11-9-8-10(13-3-12-9)16(4-14-8)7-1-5(17)6(19-7)2-15-18/h2-7,17-18H,1H2,(H2,11,12,13)/b15-2+/t5-,6+,7+/m0/s1. The molecule has 0 unspecified atom stereocenters. The van der Waals surface area contributed by atoms with Gasteiger partial charge in [-0.2, -0.15) is 0 Å². The second-order valence-corrected chi connectivity index (χ2v) is 4.21. The minimum absolute atomic E-state index is 0.288. The number of nitrogen functional groups attached to an aromatic ring is 1. The molecule has 100 valence electrons. The summed E-state index contributed by atoms with van der Waals surface area (Å²) in [7, 11) is 0. The fraction of sp³-hybridized carbons (Fsp3) is 0.400. The molecule has 1 aliphatic heterocycles. The number of oxime groups is 1. The number of nitrogens with two attached hydrogens (primary N) is 1. The zero-order valence-electron chi connectivity index (χ0n) is 9.79. The molecule has 19 heavy (non-hydrogen) atoms. The second-order valence-electron chi connectivity index (χ2n) is 4.21. The van der Waals surface area contributed by atoms with Gasteiger partial charge in [0.15, 0.2) is 11.5 Å². The number of anilines is 1. The third kappa shape index (κ3) is 1.88. The lowest BCUT2D eigenvalue weighted by Gasteiger charge is -2.12. The highest BCUT2D eigenvalue weighted by atomic mass is 16.5. The molecule has 1 aliphatic rings. The van der Waals surface area contributed by atoms with Gasteiger partial charge >= 0.3 is 0 Å². The third-order valence-electron chi connectivity index (χ3n) is 3.05. The average Bonchev–Trinajstić information content (AvgIpc) is 2.95. The summed E-state index contributed by atoms with van der Waals surface area (Å²) in [5.74, 6) is 0.288. The number of rotatable bonds is 2. The van der Waals surface area contributed by atoms with Gasteiger partial charge in [-0.25, -0.2) is 15.0 Å². The monoisotopic (exact) mass is 264 g/mol. The van der Waals surface area contributed by atoms with E-state index in [1.54, 1.807) is 4.57 Å². The highest BCUT2D eigenvalue weighted by Gasteiger charge is 2.35. The Bertz CT molecular complexity index is 627. The lowest BCUT2D eigenvalue weighted by atomic mass is 10.2. The number of hydrogen-bond acceptors (Lipinski definition) is 8. The van der Waals surface area contributed by atoms with E-state index in [9.17, 15) is 5.11 Å². The Morgan fingerprint density at radius 3 is 3.11 bits per heavy atom. The molecule has 0 aliphatic carbocycles. The molecule has 0 saturated carbocycles. The van der Waals surface area contributed by atoms with E-state index >= 15 is 0 Å². The highest BCUT2D eigenvalue weighted by molar-refractivity contribution is 5.81. The zero-order valence-corrected chi connectivity index (χ0v) is 9.79. The van der Waals surface area contributed by atoms with Crippen molar-refractivity contribution >= 4 is 23.2 Å². The van der Waals surface area contributed by atoms with Gasteiger partial charge in [0.1, 0.15) is 24.2 Å². The van der Waals surface area contributed by atoms with Gasteiger partial charge in [-0.15, -0.1) is 0 Å². The van der Waals surface area contributed by atoms with Crippen LogP contribution < -0.4 is 5.73 Å². The van der Waals surface area contributed by atoms with Crippen LogP contribution in [0.3, 0.4) is 0 Å². The molecule has 3 rings (SSSR count). The molecule has 1 fully saturated rings. The van der Waals surface area contributed by atoms with Crippen molar-refractivity contribution in [2.24, 2.45) is 5.16 Å². The lowest BCUT2D eigenvalue weighted by Crippen LogP contribution is -2.21. The van der Waals surface area contributed by atoms with Crippen LogP contribution in [0.5, 0.6) is 0 Å². The molecule has 0 bridgehead atoms. The third-order valence-corrected chi connectivity index (χ3v) is 3.05. The molecule has 3 atom stereocenters. The van der Waals surface area contributed by atoms with E-state index in [4.69, 9.17) is 15.7 Å². The van der Waals surface area contributed by atoms with E-state index in [2.05, 4.69) is 20.1 Å². The second kappa shape index (κ2) is 4.44. The minimum atomic E-state index is -0.752. The van der Waals surface area contributed by atoms with Crippen LogP contribution in [0.4, 0.5) is 5.82 Å². The van der Waals surface area contributed by atoms with Crippen molar-refractivity contribution < 1.29 is 15.1 Å². The van der Waals surface area contributed by atoms with E-state index in [1.165, 1.54) is 12.7 Å². The Balaban J connectivity index is 1.96. The number of aromatic nitrogens is 4. The normalized spacial score (nSPS) is 27.5. The largest absolute Gasteiger partial charge is 0.411 e.